The van der Waals surface area contributed by atoms with E-state index < -0.39 is 0 Å². The average molecular weight is 284 g/mol. The van der Waals surface area contributed by atoms with Crippen LogP contribution in [0.2, 0.25) is 4.34 Å². The van der Waals surface area contributed by atoms with Gasteiger partial charge in [0.25, 0.3) is 0 Å². The predicted octanol–water partition coefficient (Wildman–Crippen LogP) is 4.15. The first-order valence-corrected chi connectivity index (χ1v) is 7.47. The zero-order valence-corrected chi connectivity index (χ0v) is 12.1. The SMILES string of the molecule is CCNC(CCc1ccco1)Cc1ccc(Cl)s1. The van der Waals surface area contributed by atoms with Gasteiger partial charge in [0.05, 0.1) is 10.6 Å². The molecular formula is C14H18ClNOS. The minimum atomic E-state index is 0.481. The van der Waals surface area contributed by atoms with E-state index in [1.54, 1.807) is 17.6 Å². The second-order valence-corrected chi connectivity index (χ2v) is 6.08. The van der Waals surface area contributed by atoms with Crippen LogP contribution in [0.25, 0.3) is 0 Å². The average Bonchev–Trinajstić information content (AvgIpc) is 2.98. The van der Waals surface area contributed by atoms with Crippen LogP contribution in [0.15, 0.2) is 34.9 Å². The Hall–Kier alpha value is -0.770. The zero-order valence-electron chi connectivity index (χ0n) is 10.5. The highest BCUT2D eigenvalue weighted by atomic mass is 35.5. The molecule has 2 heterocycles. The van der Waals surface area contributed by atoms with E-state index in [9.17, 15) is 0 Å². The van der Waals surface area contributed by atoms with Crippen LogP contribution in [-0.2, 0) is 12.8 Å². The molecule has 0 amide bonds. The third-order valence-electron chi connectivity index (χ3n) is 2.89. The standard InChI is InChI=1S/C14H18ClNOS/c1-2-16-11(5-6-12-4-3-9-17-12)10-13-7-8-14(15)18-13/h3-4,7-9,11,16H,2,5-6,10H2,1H3. The Morgan fingerprint density at radius 3 is 2.89 bits per heavy atom. The Labute approximate surface area is 117 Å². The van der Waals surface area contributed by atoms with Crippen molar-refractivity contribution in [3.63, 3.8) is 0 Å². The molecule has 0 spiro atoms. The van der Waals surface area contributed by atoms with Gasteiger partial charge in [-0.1, -0.05) is 18.5 Å². The van der Waals surface area contributed by atoms with Crippen molar-refractivity contribution in [2.45, 2.75) is 32.2 Å². The van der Waals surface area contributed by atoms with Gasteiger partial charge < -0.3 is 9.73 Å². The van der Waals surface area contributed by atoms with Gasteiger partial charge in [0, 0.05) is 17.3 Å². The third-order valence-corrected chi connectivity index (χ3v) is 4.14. The van der Waals surface area contributed by atoms with Gasteiger partial charge in [-0.05, 0) is 43.7 Å². The van der Waals surface area contributed by atoms with Crippen LogP contribution >= 0.6 is 22.9 Å². The van der Waals surface area contributed by atoms with Crippen LogP contribution < -0.4 is 5.32 Å². The first-order valence-electron chi connectivity index (χ1n) is 6.28. The third kappa shape index (κ3) is 4.16. The molecule has 4 heteroatoms. The quantitative estimate of drug-likeness (QED) is 0.826. The van der Waals surface area contributed by atoms with Gasteiger partial charge >= 0.3 is 0 Å². The topological polar surface area (TPSA) is 25.2 Å². The number of nitrogens with one attached hydrogen (secondary N) is 1. The minimum absolute atomic E-state index is 0.481. The number of hydrogen-bond acceptors (Lipinski definition) is 3. The monoisotopic (exact) mass is 283 g/mol. The number of furan rings is 1. The van der Waals surface area contributed by atoms with Crippen LogP contribution in [0.4, 0.5) is 0 Å². The van der Waals surface area contributed by atoms with E-state index in [-0.39, 0.29) is 0 Å². The fraction of sp³-hybridized carbons (Fsp3) is 0.429. The molecule has 2 rings (SSSR count). The molecule has 1 unspecified atom stereocenters. The van der Waals surface area contributed by atoms with Gasteiger partial charge in [0.15, 0.2) is 0 Å². The summed E-state index contributed by atoms with van der Waals surface area (Å²) in [5.74, 6) is 1.06. The van der Waals surface area contributed by atoms with Crippen molar-refractivity contribution in [2.24, 2.45) is 0 Å². The molecular weight excluding hydrogens is 266 g/mol. The predicted molar refractivity (Wildman–Crippen MR) is 77.5 cm³/mol. The number of hydrogen-bond donors (Lipinski definition) is 1. The molecule has 0 aliphatic rings. The fourth-order valence-corrected chi connectivity index (χ4v) is 3.21. The molecule has 1 N–H and O–H groups in total. The van der Waals surface area contributed by atoms with Gasteiger partial charge in [0.1, 0.15) is 5.76 Å². The van der Waals surface area contributed by atoms with E-state index >= 15 is 0 Å². The molecule has 2 aromatic heterocycles. The van der Waals surface area contributed by atoms with Crippen molar-refractivity contribution in [2.75, 3.05) is 6.54 Å². The first kappa shape index (κ1) is 13.7. The highest BCUT2D eigenvalue weighted by molar-refractivity contribution is 7.16. The molecule has 0 aromatic carbocycles. The zero-order chi connectivity index (χ0) is 12.8. The van der Waals surface area contributed by atoms with Crippen molar-refractivity contribution in [1.82, 2.24) is 5.32 Å². The number of likely N-dealkylation sites (N-methyl/N-ethyl adjacent to an activating group) is 1. The lowest BCUT2D eigenvalue weighted by atomic mass is 10.1. The van der Waals surface area contributed by atoms with Gasteiger partial charge in [-0.2, -0.15) is 0 Å². The first-order chi connectivity index (χ1) is 8.78. The van der Waals surface area contributed by atoms with Crippen LogP contribution in [0, 0.1) is 0 Å². The molecule has 0 saturated carbocycles. The molecule has 0 saturated heterocycles. The Kier molecular flexibility index (Phi) is 5.29. The molecule has 0 fully saturated rings. The maximum Gasteiger partial charge on any atom is 0.103 e. The smallest absolute Gasteiger partial charge is 0.103 e. The summed E-state index contributed by atoms with van der Waals surface area (Å²) < 4.78 is 6.24. The van der Waals surface area contributed by atoms with E-state index in [2.05, 4.69) is 18.3 Å². The summed E-state index contributed by atoms with van der Waals surface area (Å²) in [6.45, 7) is 3.13. The van der Waals surface area contributed by atoms with Crippen LogP contribution in [-0.4, -0.2) is 12.6 Å². The fourth-order valence-electron chi connectivity index (χ4n) is 2.04. The second-order valence-electron chi connectivity index (χ2n) is 4.28. The lowest BCUT2D eigenvalue weighted by Crippen LogP contribution is -2.31. The van der Waals surface area contributed by atoms with Crippen molar-refractivity contribution < 1.29 is 4.42 Å². The maximum atomic E-state index is 5.96. The van der Waals surface area contributed by atoms with E-state index in [0.717, 1.165) is 35.9 Å². The second kappa shape index (κ2) is 6.98. The molecule has 0 aliphatic carbocycles. The van der Waals surface area contributed by atoms with Gasteiger partial charge in [-0.3, -0.25) is 0 Å². The van der Waals surface area contributed by atoms with E-state index in [1.807, 2.05) is 18.2 Å². The van der Waals surface area contributed by atoms with Crippen LogP contribution in [0.3, 0.4) is 0 Å². The Morgan fingerprint density at radius 2 is 2.28 bits per heavy atom. The van der Waals surface area contributed by atoms with Crippen LogP contribution in [0.1, 0.15) is 24.0 Å². The highest BCUT2D eigenvalue weighted by Crippen LogP contribution is 2.23. The van der Waals surface area contributed by atoms with Gasteiger partial charge in [-0.25, -0.2) is 0 Å². The number of rotatable bonds is 7. The molecule has 2 nitrogen and oxygen atoms in total. The lowest BCUT2D eigenvalue weighted by molar-refractivity contribution is 0.449. The summed E-state index contributed by atoms with van der Waals surface area (Å²) in [4.78, 5) is 1.34. The van der Waals surface area contributed by atoms with Gasteiger partial charge in [-0.15, -0.1) is 11.3 Å². The minimum Gasteiger partial charge on any atom is -0.469 e. The Balaban J connectivity index is 1.87. The molecule has 1 atom stereocenters. The normalized spacial score (nSPS) is 12.8. The Morgan fingerprint density at radius 1 is 1.39 bits per heavy atom. The number of aryl methyl sites for hydroxylation is 1. The summed E-state index contributed by atoms with van der Waals surface area (Å²) in [6.07, 6.45) is 4.82. The molecule has 0 aliphatic heterocycles. The molecule has 98 valence electrons. The summed E-state index contributed by atoms with van der Waals surface area (Å²) in [6, 6.07) is 8.54. The number of halogens is 1. The summed E-state index contributed by atoms with van der Waals surface area (Å²) in [7, 11) is 0. The number of thiophene rings is 1. The maximum absolute atomic E-state index is 5.96. The van der Waals surface area contributed by atoms with E-state index in [4.69, 9.17) is 16.0 Å². The van der Waals surface area contributed by atoms with Crippen LogP contribution in [0.5, 0.6) is 0 Å². The van der Waals surface area contributed by atoms with Crippen molar-refractivity contribution in [1.29, 1.82) is 0 Å². The molecule has 2 aromatic rings. The molecule has 0 bridgehead atoms. The van der Waals surface area contributed by atoms with Crippen molar-refractivity contribution in [3.8, 4) is 0 Å². The Bertz CT molecular complexity index is 452. The molecule has 18 heavy (non-hydrogen) atoms. The highest BCUT2D eigenvalue weighted by Gasteiger charge is 2.11. The largest absolute Gasteiger partial charge is 0.469 e. The van der Waals surface area contributed by atoms with Crippen molar-refractivity contribution >= 4 is 22.9 Å². The van der Waals surface area contributed by atoms with Crippen molar-refractivity contribution in [3.05, 3.63) is 45.5 Å². The van der Waals surface area contributed by atoms with E-state index in [0.29, 0.717) is 6.04 Å². The summed E-state index contributed by atoms with van der Waals surface area (Å²) >= 11 is 7.63. The summed E-state index contributed by atoms with van der Waals surface area (Å²) in [5, 5.41) is 3.52. The lowest BCUT2D eigenvalue weighted by Gasteiger charge is -2.16. The molecule has 0 radical (unpaired) electrons. The summed E-state index contributed by atoms with van der Waals surface area (Å²) in [5.41, 5.74) is 0. The van der Waals surface area contributed by atoms with Gasteiger partial charge in [0.2, 0.25) is 0 Å². The van der Waals surface area contributed by atoms with E-state index in [1.165, 1.54) is 4.88 Å².